The fourth-order valence-corrected chi connectivity index (χ4v) is 6.79. The molecule has 35 heavy (non-hydrogen) atoms. The topological polar surface area (TPSA) is 72.4 Å². The quantitative estimate of drug-likeness (QED) is 0.707. The number of ether oxygens (including phenoxy) is 1. The number of halogens is 3. The molecule has 2 aliphatic heterocycles. The number of hydrogen-bond donors (Lipinski definition) is 1. The maximum Gasteiger partial charge on any atom is 0.419 e. The first-order valence-corrected chi connectivity index (χ1v) is 12.5. The molecule has 3 atom stereocenters. The number of morpholine rings is 1. The van der Waals surface area contributed by atoms with Crippen LogP contribution in [0.5, 0.6) is 0 Å². The van der Waals surface area contributed by atoms with E-state index >= 15 is 0 Å². The SMILES string of the molecule is CC(C)n1nc(-c2cnc(N)c(C(F)(F)F)c2)cc1[C@]12CC(N3CC4(CN(C)CCO4)C3)C[C@@H]1C2. The lowest BCUT2D eigenvalue weighted by molar-refractivity contribution is -0.190. The van der Waals surface area contributed by atoms with Crippen LogP contribution < -0.4 is 5.73 Å². The largest absolute Gasteiger partial charge is 0.419 e. The van der Waals surface area contributed by atoms with Gasteiger partial charge in [-0.15, -0.1) is 0 Å². The summed E-state index contributed by atoms with van der Waals surface area (Å²) >= 11 is 0. The van der Waals surface area contributed by atoms with E-state index in [0.29, 0.717) is 23.2 Å². The lowest BCUT2D eigenvalue weighted by atomic mass is 9.88. The summed E-state index contributed by atoms with van der Waals surface area (Å²) in [6, 6.07) is 3.69. The fourth-order valence-electron chi connectivity index (χ4n) is 6.79. The van der Waals surface area contributed by atoms with Gasteiger partial charge in [-0.25, -0.2) is 4.98 Å². The highest BCUT2D eigenvalue weighted by atomic mass is 19.4. The van der Waals surface area contributed by atoms with Crippen molar-refractivity contribution in [3.05, 3.63) is 29.6 Å². The number of alkyl halides is 3. The molecule has 2 aliphatic carbocycles. The van der Waals surface area contributed by atoms with E-state index < -0.39 is 17.6 Å². The highest BCUT2D eigenvalue weighted by Crippen LogP contribution is 2.66. The number of likely N-dealkylation sites (N-methyl/N-ethyl adjacent to an activating group) is 1. The molecule has 2 aromatic rings. The van der Waals surface area contributed by atoms with E-state index in [-0.39, 0.29) is 17.1 Å². The molecule has 1 unspecified atom stereocenters. The first kappa shape index (κ1) is 23.2. The third kappa shape index (κ3) is 3.76. The van der Waals surface area contributed by atoms with E-state index in [1.807, 2.05) is 10.7 Å². The second kappa shape index (κ2) is 7.66. The molecule has 10 heteroatoms. The molecule has 2 saturated heterocycles. The number of rotatable bonds is 4. The van der Waals surface area contributed by atoms with E-state index in [1.165, 1.54) is 6.20 Å². The van der Waals surface area contributed by atoms with Gasteiger partial charge in [-0.2, -0.15) is 18.3 Å². The molecule has 0 amide bonds. The molecule has 7 nitrogen and oxygen atoms in total. The van der Waals surface area contributed by atoms with Gasteiger partial charge in [0.1, 0.15) is 11.4 Å². The average Bonchev–Trinajstić information content (AvgIpc) is 3.11. The summed E-state index contributed by atoms with van der Waals surface area (Å²) in [5.41, 5.74) is 6.65. The molecule has 4 aliphatic rings. The van der Waals surface area contributed by atoms with Crippen molar-refractivity contribution in [2.24, 2.45) is 5.92 Å². The Kier molecular flexibility index (Phi) is 5.09. The van der Waals surface area contributed by atoms with Crippen molar-refractivity contribution in [1.29, 1.82) is 0 Å². The normalized spacial score (nSPS) is 30.6. The molecule has 190 valence electrons. The van der Waals surface area contributed by atoms with Gasteiger partial charge in [0.25, 0.3) is 0 Å². The zero-order chi connectivity index (χ0) is 24.8. The second-order valence-corrected chi connectivity index (χ2v) is 11.4. The summed E-state index contributed by atoms with van der Waals surface area (Å²) in [4.78, 5) is 8.75. The van der Waals surface area contributed by atoms with Crippen LogP contribution >= 0.6 is 0 Å². The number of fused-ring (bicyclic) bond motifs is 1. The molecule has 6 rings (SSSR count). The first-order valence-electron chi connectivity index (χ1n) is 12.5. The van der Waals surface area contributed by atoms with Crippen LogP contribution in [0.2, 0.25) is 0 Å². The zero-order valence-electron chi connectivity index (χ0n) is 20.5. The summed E-state index contributed by atoms with van der Waals surface area (Å²) in [7, 11) is 2.16. The number of aromatic nitrogens is 3. The highest BCUT2D eigenvalue weighted by Gasteiger charge is 2.65. The predicted octanol–water partition coefficient (Wildman–Crippen LogP) is 3.56. The van der Waals surface area contributed by atoms with Gasteiger partial charge in [-0.1, -0.05) is 0 Å². The van der Waals surface area contributed by atoms with Crippen LogP contribution in [0.3, 0.4) is 0 Å². The molecule has 0 radical (unpaired) electrons. The van der Waals surface area contributed by atoms with Gasteiger partial charge in [-0.3, -0.25) is 9.58 Å². The van der Waals surface area contributed by atoms with E-state index in [0.717, 1.165) is 63.8 Å². The number of nitrogen functional groups attached to an aromatic ring is 1. The van der Waals surface area contributed by atoms with E-state index in [9.17, 15) is 13.2 Å². The summed E-state index contributed by atoms with van der Waals surface area (Å²) in [5, 5.41) is 4.76. The molecular weight excluding hydrogens is 457 g/mol. The Morgan fingerprint density at radius 2 is 1.94 bits per heavy atom. The summed E-state index contributed by atoms with van der Waals surface area (Å²) < 4.78 is 48.4. The van der Waals surface area contributed by atoms with Gasteiger partial charge < -0.3 is 15.4 Å². The van der Waals surface area contributed by atoms with Crippen molar-refractivity contribution < 1.29 is 17.9 Å². The number of anilines is 1. The van der Waals surface area contributed by atoms with Gasteiger partial charge in [0.15, 0.2) is 0 Å². The summed E-state index contributed by atoms with van der Waals surface area (Å²) in [6.07, 6.45) is 0.178. The molecule has 1 spiro atoms. The third-order valence-corrected chi connectivity index (χ3v) is 8.58. The maximum atomic E-state index is 13.4. The zero-order valence-corrected chi connectivity index (χ0v) is 20.5. The molecule has 0 aromatic carbocycles. The second-order valence-electron chi connectivity index (χ2n) is 11.4. The lowest BCUT2D eigenvalue weighted by Gasteiger charge is -2.55. The Hall–Kier alpha value is -2.17. The molecule has 2 aromatic heterocycles. The summed E-state index contributed by atoms with van der Waals surface area (Å²) in [5.74, 6) is 0.0843. The minimum Gasteiger partial charge on any atom is -0.383 e. The monoisotopic (exact) mass is 490 g/mol. The Balaban J connectivity index is 1.24. The Labute approximate surface area is 203 Å². The Morgan fingerprint density at radius 1 is 1.17 bits per heavy atom. The van der Waals surface area contributed by atoms with Crippen LogP contribution in [-0.2, 0) is 16.3 Å². The van der Waals surface area contributed by atoms with E-state index in [4.69, 9.17) is 15.6 Å². The van der Waals surface area contributed by atoms with Gasteiger partial charge >= 0.3 is 6.18 Å². The van der Waals surface area contributed by atoms with Crippen LogP contribution in [0.4, 0.5) is 19.0 Å². The van der Waals surface area contributed by atoms with Crippen LogP contribution in [0.15, 0.2) is 18.3 Å². The van der Waals surface area contributed by atoms with E-state index in [2.05, 4.69) is 35.7 Å². The Bertz CT molecular complexity index is 1140. The van der Waals surface area contributed by atoms with Crippen molar-refractivity contribution in [1.82, 2.24) is 24.6 Å². The predicted molar refractivity (Wildman–Crippen MR) is 126 cm³/mol. The summed E-state index contributed by atoms with van der Waals surface area (Å²) in [6.45, 7) is 8.88. The molecule has 4 heterocycles. The van der Waals surface area contributed by atoms with Gasteiger partial charge in [0, 0.05) is 61.1 Å². The highest BCUT2D eigenvalue weighted by molar-refractivity contribution is 5.63. The molecule has 4 fully saturated rings. The molecule has 0 bridgehead atoms. The van der Waals surface area contributed by atoms with Crippen LogP contribution in [0.25, 0.3) is 11.3 Å². The van der Waals surface area contributed by atoms with Crippen LogP contribution in [0.1, 0.15) is 50.4 Å². The number of likely N-dealkylation sites (tertiary alicyclic amines) is 1. The number of nitrogens with zero attached hydrogens (tertiary/aromatic N) is 5. The van der Waals surface area contributed by atoms with Gasteiger partial charge in [0.2, 0.25) is 0 Å². The number of nitrogens with two attached hydrogens (primary N) is 1. The van der Waals surface area contributed by atoms with Crippen molar-refractivity contribution in [2.45, 2.75) is 62.4 Å². The van der Waals surface area contributed by atoms with Crippen molar-refractivity contribution in [3.63, 3.8) is 0 Å². The van der Waals surface area contributed by atoms with Crippen molar-refractivity contribution in [2.75, 3.05) is 45.6 Å². The fraction of sp³-hybridized carbons (Fsp3) is 0.680. The minimum atomic E-state index is -4.55. The molecule has 2 saturated carbocycles. The smallest absolute Gasteiger partial charge is 0.383 e. The standard InChI is InChI=1S/C25H33F3N6O/c1-15(2)34-21(8-20(31-34)16-6-19(25(26,27)28)22(29)30-11-16)24-9-17(24)7-18(10-24)33-13-23(14-33)12-32(3)4-5-35-23/h6,8,11,15,17-18H,4-5,7,9-10,12-14H2,1-3H3,(H2,29,30)/t17-,18?,24-/m1/s1. The molecular formula is C25H33F3N6O. The number of pyridine rings is 1. The molecule has 2 N–H and O–H groups in total. The van der Waals surface area contributed by atoms with Crippen molar-refractivity contribution >= 4 is 5.82 Å². The lowest BCUT2D eigenvalue weighted by Crippen LogP contribution is -2.71. The first-order chi connectivity index (χ1) is 16.5. The maximum absolute atomic E-state index is 13.4. The van der Waals surface area contributed by atoms with E-state index in [1.54, 1.807) is 0 Å². The average molecular weight is 491 g/mol. The van der Waals surface area contributed by atoms with Gasteiger partial charge in [-0.05, 0) is 58.2 Å². The van der Waals surface area contributed by atoms with Crippen LogP contribution in [-0.4, -0.2) is 76.0 Å². The van der Waals surface area contributed by atoms with Crippen LogP contribution in [0, 0.1) is 5.92 Å². The minimum absolute atomic E-state index is 0.0157. The van der Waals surface area contributed by atoms with Gasteiger partial charge in [0.05, 0.1) is 17.9 Å². The van der Waals surface area contributed by atoms with Crippen molar-refractivity contribution in [3.8, 4) is 11.3 Å². The Morgan fingerprint density at radius 3 is 2.63 bits per heavy atom. The number of hydrogen-bond acceptors (Lipinski definition) is 6. The third-order valence-electron chi connectivity index (χ3n) is 8.58.